The smallest absolute Gasteiger partial charge is 0.300 e. The molecule has 1 saturated heterocycles. The Balaban J connectivity index is 0.00000293. The predicted molar refractivity (Wildman–Crippen MR) is 285 cm³/mol. The number of hydrogen-bond acceptors (Lipinski definition) is 15. The lowest BCUT2D eigenvalue weighted by molar-refractivity contribution is -0.136. The molecule has 1 fully saturated rings. The first kappa shape index (κ1) is 61.0. The van der Waals surface area contributed by atoms with Crippen LogP contribution in [0.3, 0.4) is 0 Å². The fourth-order valence-corrected chi connectivity index (χ4v) is 10.1. The van der Waals surface area contributed by atoms with Crippen molar-refractivity contribution in [3.63, 3.8) is 0 Å². The number of nitrogens with one attached hydrogen (secondary N) is 8. The molecule has 7 amide bonds. The van der Waals surface area contributed by atoms with Crippen molar-refractivity contribution in [2.75, 3.05) is 24.7 Å². The summed E-state index contributed by atoms with van der Waals surface area (Å²) in [5.41, 5.74) is 15.0. The zero-order valence-corrected chi connectivity index (χ0v) is 43.7. The number of rotatable bonds is 17. The molecule has 75 heavy (non-hydrogen) atoms. The Morgan fingerprint density at radius 1 is 0.720 bits per heavy atom. The van der Waals surface area contributed by atoms with Gasteiger partial charge in [-0.05, 0) is 68.8 Å². The number of para-hydroxylation sites is 1. The zero-order chi connectivity index (χ0) is 55.0. The Bertz CT molecular complexity index is 2500. The molecule has 24 heteroatoms. The van der Waals surface area contributed by atoms with Crippen molar-refractivity contribution in [1.29, 1.82) is 0 Å². The van der Waals surface area contributed by atoms with Crippen molar-refractivity contribution >= 4 is 79.8 Å². The highest BCUT2D eigenvalue weighted by molar-refractivity contribution is 8.76. The van der Waals surface area contributed by atoms with Gasteiger partial charge in [-0.25, -0.2) is 0 Å². The minimum atomic E-state index is -1.66. The Hall–Kier alpha value is -6.54. The van der Waals surface area contributed by atoms with E-state index in [1.165, 1.54) is 13.8 Å². The van der Waals surface area contributed by atoms with Crippen LogP contribution in [0.2, 0.25) is 0 Å². The highest BCUT2D eigenvalue weighted by Crippen LogP contribution is 2.24. The van der Waals surface area contributed by atoms with Crippen molar-refractivity contribution in [2.45, 2.75) is 120 Å². The molecular formula is C51H70N10O12S2. The number of carboxylic acid groups (broad SMARTS) is 1. The largest absolute Gasteiger partial charge is 0.481 e. The highest BCUT2D eigenvalue weighted by atomic mass is 33.1. The summed E-state index contributed by atoms with van der Waals surface area (Å²) >= 11 is 0. The fraction of sp³-hybridized carbons (Fsp3) is 0.451. The first-order chi connectivity index (χ1) is 35.8. The molecule has 1 unspecified atom stereocenters. The van der Waals surface area contributed by atoms with Crippen molar-refractivity contribution < 1.29 is 58.8 Å². The number of carbonyl (C=O) groups is 8. The normalized spacial score (nSPS) is 21.9. The van der Waals surface area contributed by atoms with E-state index in [-0.39, 0.29) is 43.7 Å². The molecule has 5 rings (SSSR count). The number of aliphatic hydroxyl groups excluding tert-OH is 3. The van der Waals surface area contributed by atoms with E-state index in [2.05, 4.69) is 42.2 Å². The molecule has 0 aliphatic carbocycles. The first-order valence-corrected chi connectivity index (χ1v) is 26.9. The average molecular weight is 1080 g/mol. The van der Waals surface area contributed by atoms with Crippen LogP contribution in [0, 0.1) is 0 Å². The number of H-pyrrole nitrogens is 1. The molecule has 1 aliphatic rings. The van der Waals surface area contributed by atoms with Crippen molar-refractivity contribution in [3.8, 4) is 0 Å². The van der Waals surface area contributed by atoms with Gasteiger partial charge in [0.05, 0.1) is 30.9 Å². The first-order valence-electron chi connectivity index (χ1n) is 24.4. The Morgan fingerprint density at radius 2 is 1.28 bits per heavy atom. The van der Waals surface area contributed by atoms with E-state index in [4.69, 9.17) is 21.4 Å². The van der Waals surface area contributed by atoms with Gasteiger partial charge in [0.2, 0.25) is 41.4 Å². The number of carbonyl (C=O) groups excluding carboxylic acids is 7. The minimum Gasteiger partial charge on any atom is -0.481 e. The summed E-state index contributed by atoms with van der Waals surface area (Å²) in [6.45, 7) is 3.31. The summed E-state index contributed by atoms with van der Waals surface area (Å²) < 4.78 is 0. The summed E-state index contributed by atoms with van der Waals surface area (Å²) in [4.78, 5) is 112. The molecular weight excluding hydrogens is 1010 g/mol. The number of aromatic nitrogens is 1. The van der Waals surface area contributed by atoms with E-state index in [1.807, 2.05) is 30.3 Å². The maximum Gasteiger partial charge on any atom is 0.300 e. The quantitative estimate of drug-likeness (QED) is 0.0459. The number of unbranched alkanes of at least 4 members (excludes halogenated alkanes) is 1. The third-order valence-corrected chi connectivity index (χ3v) is 14.3. The van der Waals surface area contributed by atoms with E-state index in [9.17, 15) is 48.9 Å². The molecule has 4 aromatic rings. The summed E-state index contributed by atoms with van der Waals surface area (Å²) in [6, 6.07) is 14.6. The minimum absolute atomic E-state index is 0.0340. The van der Waals surface area contributed by atoms with Crippen molar-refractivity contribution in [2.24, 2.45) is 11.5 Å². The van der Waals surface area contributed by atoms with Gasteiger partial charge in [0, 0.05) is 48.4 Å². The van der Waals surface area contributed by atoms with Crippen molar-refractivity contribution in [1.82, 2.24) is 42.2 Å². The molecule has 0 bridgehead atoms. The van der Waals surface area contributed by atoms with Crippen LogP contribution in [-0.4, -0.2) is 158 Å². The summed E-state index contributed by atoms with van der Waals surface area (Å²) in [5.74, 6) is -6.84. The Kier molecular flexibility index (Phi) is 25.5. The van der Waals surface area contributed by atoms with Gasteiger partial charge >= 0.3 is 0 Å². The van der Waals surface area contributed by atoms with Gasteiger partial charge in [-0.2, -0.15) is 0 Å². The second-order valence-corrected chi connectivity index (χ2v) is 20.5. The van der Waals surface area contributed by atoms with Crippen LogP contribution in [0.1, 0.15) is 56.7 Å². The number of benzene rings is 3. The van der Waals surface area contributed by atoms with Gasteiger partial charge in [-0.1, -0.05) is 100 Å². The third kappa shape index (κ3) is 20.3. The lowest BCUT2D eigenvalue weighted by Gasteiger charge is -2.29. The lowest BCUT2D eigenvalue weighted by Crippen LogP contribution is -2.62. The van der Waals surface area contributed by atoms with Crippen LogP contribution in [0.25, 0.3) is 10.9 Å². The lowest BCUT2D eigenvalue weighted by atomic mass is 10.0. The number of nitrogens with two attached hydrogens (primary N) is 2. The SMILES string of the molecule is CC(=O)O.C[C@@H](O)C1NC(=O)[C@H](CCCCN)NC(=O)[C@@H](Cc2c[nH]c3ccccc23)NC(=O)[C@H](Cc2ccccc2)NC(=O)[C@@H](NC(=O)[C@H](N)Cc2ccccc2)CSSC[C@H](C(=O)N[C@H](CO)[C@@H](C)O)NC1=O. The standard InChI is InChI=1S/C49H66N10O10S2.C2H4O2/c1-28(61)39(25-60)56-48(68)41-27-71-70-26-40(57-43(63)34(51)21-30-13-5-3-6-14-30)47(67)54-37(22-31-15-7-4-8-16-31)45(65)55-38(23-32-24-52-35-18-10-9-17-33(32)35)46(66)53-36(19-11-12-20-50)44(64)59-42(29(2)62)49(69)58-41;1-2(3)4/h3-10,13-18,24,28-29,34,36-42,52,60-62H,11-12,19-23,25-27,50-51H2,1-2H3,(H,53,66)(H,54,67)(H,55,65)(H,56,68)(H,57,63)(H,58,69)(H,59,64);1H3,(H,3,4)/t28-,29-,34-,36+,37+,38-,39-,40+,41-,42?;/m1./s1. The maximum absolute atomic E-state index is 14.7. The number of fused-ring (bicyclic) bond motifs is 1. The Morgan fingerprint density at radius 3 is 1.89 bits per heavy atom. The number of amides is 7. The molecule has 10 atom stereocenters. The molecule has 1 aromatic heterocycles. The van der Waals surface area contributed by atoms with Gasteiger partial charge in [-0.3, -0.25) is 38.4 Å². The average Bonchev–Trinajstić information content (AvgIpc) is 3.78. The van der Waals surface area contributed by atoms with Crippen LogP contribution in [0.15, 0.2) is 91.1 Å². The van der Waals surface area contributed by atoms with E-state index >= 15 is 0 Å². The molecule has 2 heterocycles. The molecule has 3 aromatic carbocycles. The van der Waals surface area contributed by atoms with Gasteiger partial charge < -0.3 is 74.1 Å². The predicted octanol–water partition coefficient (Wildman–Crippen LogP) is -0.714. The molecule has 16 N–H and O–H groups in total. The monoisotopic (exact) mass is 1080 g/mol. The third-order valence-electron chi connectivity index (χ3n) is 11.9. The van der Waals surface area contributed by atoms with E-state index in [0.29, 0.717) is 24.0 Å². The van der Waals surface area contributed by atoms with Crippen LogP contribution >= 0.6 is 21.6 Å². The molecule has 1 aliphatic heterocycles. The molecule has 0 spiro atoms. The second-order valence-electron chi connectivity index (χ2n) is 18.0. The zero-order valence-electron chi connectivity index (χ0n) is 42.0. The van der Waals surface area contributed by atoms with Gasteiger partial charge in [-0.15, -0.1) is 0 Å². The molecule has 0 saturated carbocycles. The summed E-state index contributed by atoms with van der Waals surface area (Å²) in [6.07, 6.45) is -0.156. The number of aromatic amines is 1. The van der Waals surface area contributed by atoms with E-state index < -0.39 is 114 Å². The van der Waals surface area contributed by atoms with Crippen LogP contribution in [0.4, 0.5) is 0 Å². The topological polar surface area (TPSA) is 370 Å². The highest BCUT2D eigenvalue weighted by Gasteiger charge is 2.36. The second kappa shape index (κ2) is 31.4. The van der Waals surface area contributed by atoms with E-state index in [0.717, 1.165) is 45.0 Å². The molecule has 0 radical (unpaired) electrons. The molecule has 22 nitrogen and oxygen atoms in total. The summed E-state index contributed by atoms with van der Waals surface area (Å²) in [7, 11) is 2.06. The van der Waals surface area contributed by atoms with Crippen molar-refractivity contribution in [3.05, 3.63) is 108 Å². The van der Waals surface area contributed by atoms with Crippen LogP contribution in [0.5, 0.6) is 0 Å². The maximum atomic E-state index is 14.7. The number of hydrogen-bond donors (Lipinski definition) is 14. The Labute approximate surface area is 442 Å². The number of carboxylic acids is 1. The summed E-state index contributed by atoms with van der Waals surface area (Å²) in [5, 5.41) is 57.9. The number of aliphatic carboxylic acids is 1. The van der Waals surface area contributed by atoms with Crippen LogP contribution in [-0.2, 0) is 57.6 Å². The fourth-order valence-electron chi connectivity index (χ4n) is 7.73. The van der Waals surface area contributed by atoms with Gasteiger partial charge in [0.1, 0.15) is 36.3 Å². The molecule has 408 valence electrons. The van der Waals surface area contributed by atoms with Gasteiger partial charge in [0.25, 0.3) is 5.97 Å². The van der Waals surface area contributed by atoms with Crippen LogP contribution < -0.4 is 48.7 Å². The number of aliphatic hydroxyl groups is 3. The van der Waals surface area contributed by atoms with E-state index in [1.54, 1.807) is 60.8 Å². The van der Waals surface area contributed by atoms with Gasteiger partial charge in [0.15, 0.2) is 0 Å².